The summed E-state index contributed by atoms with van der Waals surface area (Å²) in [6.07, 6.45) is -0.602. The molecule has 3 rings (SSSR count). The van der Waals surface area contributed by atoms with Crippen LogP contribution in [0.1, 0.15) is 25.0 Å². The summed E-state index contributed by atoms with van der Waals surface area (Å²) < 4.78 is 10.8. The lowest BCUT2D eigenvalue weighted by Gasteiger charge is -2.40. The van der Waals surface area contributed by atoms with Gasteiger partial charge in [0.1, 0.15) is 11.5 Å². The first-order valence-electron chi connectivity index (χ1n) is 10.6. The molecule has 0 radical (unpaired) electrons. The summed E-state index contributed by atoms with van der Waals surface area (Å²) in [5.41, 5.74) is 1.79. The number of amides is 1. The van der Waals surface area contributed by atoms with E-state index in [4.69, 9.17) is 26.2 Å². The Hall–Kier alpha value is -2.77. The molecule has 0 saturated carbocycles. The molecule has 1 aliphatic heterocycles. The second kappa shape index (κ2) is 10.7. The Labute approximate surface area is 193 Å². The Morgan fingerprint density at radius 2 is 1.91 bits per heavy atom. The van der Waals surface area contributed by atoms with Gasteiger partial charge in [0.15, 0.2) is 6.10 Å². The highest BCUT2D eigenvalue weighted by molar-refractivity contribution is 6.30. The molecule has 32 heavy (non-hydrogen) atoms. The molecule has 0 bridgehead atoms. The summed E-state index contributed by atoms with van der Waals surface area (Å²) >= 11 is 6.17. The Morgan fingerprint density at radius 3 is 2.53 bits per heavy atom. The number of nitrogens with zero attached hydrogens (tertiary/aromatic N) is 2. The SMILES string of the molecule is COc1ccc(CC(=O)N2CCN(Cc3cc(Cl)ccc3O[C@@H](C)C(=O)O)C[C@@H]2C)cc1. The number of rotatable bonds is 8. The fourth-order valence-electron chi connectivity index (χ4n) is 3.84. The van der Waals surface area contributed by atoms with E-state index in [2.05, 4.69) is 4.90 Å². The number of carbonyl (C=O) groups is 2. The van der Waals surface area contributed by atoms with Gasteiger partial charge in [-0.05, 0) is 49.7 Å². The van der Waals surface area contributed by atoms with Gasteiger partial charge in [0.25, 0.3) is 0 Å². The molecule has 1 heterocycles. The minimum absolute atomic E-state index is 0.0518. The molecule has 2 aromatic carbocycles. The zero-order valence-electron chi connectivity index (χ0n) is 18.6. The topological polar surface area (TPSA) is 79.3 Å². The molecule has 2 atom stereocenters. The number of carbonyl (C=O) groups excluding carboxylic acids is 1. The zero-order chi connectivity index (χ0) is 23.3. The van der Waals surface area contributed by atoms with E-state index >= 15 is 0 Å². The van der Waals surface area contributed by atoms with E-state index < -0.39 is 12.1 Å². The molecule has 172 valence electrons. The van der Waals surface area contributed by atoms with Crippen LogP contribution >= 0.6 is 11.6 Å². The third kappa shape index (κ3) is 6.14. The lowest BCUT2D eigenvalue weighted by Crippen LogP contribution is -2.54. The maximum absolute atomic E-state index is 12.9. The van der Waals surface area contributed by atoms with Gasteiger partial charge >= 0.3 is 5.97 Å². The summed E-state index contributed by atoms with van der Waals surface area (Å²) in [6.45, 7) is 6.13. The van der Waals surface area contributed by atoms with Crippen molar-refractivity contribution in [2.45, 2.75) is 39.0 Å². The molecule has 1 N–H and O–H groups in total. The van der Waals surface area contributed by atoms with Crippen LogP contribution in [0.3, 0.4) is 0 Å². The fourth-order valence-corrected chi connectivity index (χ4v) is 4.03. The molecule has 0 spiro atoms. The second-order valence-electron chi connectivity index (χ2n) is 8.05. The molecule has 7 nitrogen and oxygen atoms in total. The summed E-state index contributed by atoms with van der Waals surface area (Å²) in [7, 11) is 1.62. The molecule has 1 amide bonds. The van der Waals surface area contributed by atoms with Crippen molar-refractivity contribution in [1.29, 1.82) is 0 Å². The number of carboxylic acids is 1. The maximum atomic E-state index is 12.9. The van der Waals surface area contributed by atoms with Crippen LogP contribution in [0.15, 0.2) is 42.5 Å². The Kier molecular flexibility index (Phi) is 7.99. The lowest BCUT2D eigenvalue weighted by molar-refractivity contribution is -0.144. The molecule has 8 heteroatoms. The highest BCUT2D eigenvalue weighted by Crippen LogP contribution is 2.26. The Bertz CT molecular complexity index is 950. The van der Waals surface area contributed by atoms with Crippen LogP contribution in [0.25, 0.3) is 0 Å². The van der Waals surface area contributed by atoms with Gasteiger partial charge in [-0.15, -0.1) is 0 Å². The van der Waals surface area contributed by atoms with E-state index in [-0.39, 0.29) is 11.9 Å². The van der Waals surface area contributed by atoms with Crippen LogP contribution in [-0.4, -0.2) is 65.7 Å². The summed E-state index contributed by atoms with van der Waals surface area (Å²) in [4.78, 5) is 28.2. The molecule has 0 aromatic heterocycles. The molecule has 1 aliphatic rings. The number of ether oxygens (including phenoxy) is 2. The summed E-state index contributed by atoms with van der Waals surface area (Å²) in [6, 6.07) is 12.8. The number of hydrogen-bond donors (Lipinski definition) is 1. The molecule has 0 unspecified atom stereocenters. The van der Waals surface area contributed by atoms with E-state index in [1.165, 1.54) is 6.92 Å². The van der Waals surface area contributed by atoms with Crippen molar-refractivity contribution in [3.63, 3.8) is 0 Å². The number of piperazine rings is 1. The smallest absolute Gasteiger partial charge is 0.344 e. The average Bonchev–Trinajstić information content (AvgIpc) is 2.76. The van der Waals surface area contributed by atoms with Crippen molar-refractivity contribution >= 4 is 23.5 Å². The second-order valence-corrected chi connectivity index (χ2v) is 8.48. The summed E-state index contributed by atoms with van der Waals surface area (Å²) in [5, 5.41) is 9.72. The number of methoxy groups -OCH3 is 1. The van der Waals surface area contributed by atoms with Gasteiger partial charge in [0.05, 0.1) is 13.5 Å². The first kappa shape index (κ1) is 23.9. The van der Waals surface area contributed by atoms with E-state index in [1.807, 2.05) is 36.1 Å². The molecule has 1 saturated heterocycles. The van der Waals surface area contributed by atoms with Crippen molar-refractivity contribution in [2.75, 3.05) is 26.7 Å². The normalized spacial score (nSPS) is 17.6. The minimum Gasteiger partial charge on any atom is -0.497 e. The number of halogens is 1. The van der Waals surface area contributed by atoms with Crippen LogP contribution in [0.2, 0.25) is 5.02 Å². The van der Waals surface area contributed by atoms with Gasteiger partial charge in [-0.25, -0.2) is 4.79 Å². The van der Waals surface area contributed by atoms with E-state index in [0.717, 1.165) is 16.9 Å². The number of hydrogen-bond acceptors (Lipinski definition) is 5. The van der Waals surface area contributed by atoms with Crippen LogP contribution in [0.5, 0.6) is 11.5 Å². The largest absolute Gasteiger partial charge is 0.497 e. The number of benzene rings is 2. The van der Waals surface area contributed by atoms with Gasteiger partial charge in [-0.2, -0.15) is 0 Å². The van der Waals surface area contributed by atoms with Crippen molar-refractivity contribution in [3.05, 3.63) is 58.6 Å². The number of carboxylic acid groups (broad SMARTS) is 1. The monoisotopic (exact) mass is 460 g/mol. The van der Waals surface area contributed by atoms with E-state index in [0.29, 0.717) is 43.4 Å². The predicted molar refractivity (Wildman–Crippen MR) is 122 cm³/mol. The number of aliphatic carboxylic acids is 1. The van der Waals surface area contributed by atoms with Crippen LogP contribution in [-0.2, 0) is 22.6 Å². The molecule has 0 aliphatic carbocycles. The van der Waals surface area contributed by atoms with Crippen LogP contribution < -0.4 is 9.47 Å². The van der Waals surface area contributed by atoms with Gasteiger partial charge in [0.2, 0.25) is 5.91 Å². The average molecular weight is 461 g/mol. The molecule has 1 fully saturated rings. The quantitative estimate of drug-likeness (QED) is 0.649. The Balaban J connectivity index is 1.61. The molecule has 2 aromatic rings. The highest BCUT2D eigenvalue weighted by atomic mass is 35.5. The van der Waals surface area contributed by atoms with Crippen LogP contribution in [0, 0.1) is 0 Å². The van der Waals surface area contributed by atoms with E-state index in [1.54, 1.807) is 25.3 Å². The van der Waals surface area contributed by atoms with Gasteiger partial charge in [-0.3, -0.25) is 9.69 Å². The van der Waals surface area contributed by atoms with Crippen molar-refractivity contribution in [2.24, 2.45) is 0 Å². The van der Waals surface area contributed by atoms with Gasteiger partial charge in [-0.1, -0.05) is 23.7 Å². The first-order valence-corrected chi connectivity index (χ1v) is 11.0. The molecular formula is C24H29ClN2O5. The van der Waals surface area contributed by atoms with E-state index in [9.17, 15) is 9.59 Å². The van der Waals surface area contributed by atoms with Gasteiger partial charge < -0.3 is 19.5 Å². The Morgan fingerprint density at radius 1 is 1.19 bits per heavy atom. The minimum atomic E-state index is -1.02. The predicted octanol–water partition coefficient (Wildman–Crippen LogP) is 3.48. The molecular weight excluding hydrogens is 432 g/mol. The zero-order valence-corrected chi connectivity index (χ0v) is 19.3. The van der Waals surface area contributed by atoms with Crippen molar-refractivity contribution < 1.29 is 24.2 Å². The third-order valence-electron chi connectivity index (χ3n) is 5.61. The van der Waals surface area contributed by atoms with Crippen molar-refractivity contribution in [1.82, 2.24) is 9.80 Å². The highest BCUT2D eigenvalue weighted by Gasteiger charge is 2.28. The van der Waals surface area contributed by atoms with Crippen molar-refractivity contribution in [3.8, 4) is 11.5 Å². The lowest BCUT2D eigenvalue weighted by atomic mass is 10.1. The van der Waals surface area contributed by atoms with Crippen LogP contribution in [0.4, 0.5) is 0 Å². The maximum Gasteiger partial charge on any atom is 0.344 e. The summed E-state index contributed by atoms with van der Waals surface area (Å²) in [5.74, 6) is 0.355. The standard InChI is InChI=1S/C24H29ClN2O5/c1-16-14-26(15-19-13-20(25)6-9-22(19)32-17(2)24(29)30)10-11-27(16)23(28)12-18-4-7-21(31-3)8-5-18/h4-9,13,16-17H,10-12,14-15H2,1-3H3,(H,29,30)/t16-,17-/m0/s1. The first-order chi connectivity index (χ1) is 15.3. The third-order valence-corrected chi connectivity index (χ3v) is 5.85. The van der Waals surface area contributed by atoms with Gasteiger partial charge in [0, 0.05) is 42.8 Å². The fraction of sp³-hybridized carbons (Fsp3) is 0.417.